The molecule has 0 unspecified atom stereocenters. The van der Waals surface area contributed by atoms with Crippen molar-refractivity contribution in [1.82, 2.24) is 4.98 Å². The summed E-state index contributed by atoms with van der Waals surface area (Å²) in [7, 11) is 0. The molecule has 0 atom stereocenters. The Morgan fingerprint density at radius 2 is 2.00 bits per heavy atom. The van der Waals surface area contributed by atoms with Gasteiger partial charge < -0.3 is 9.73 Å². The van der Waals surface area contributed by atoms with Crippen molar-refractivity contribution in [1.29, 1.82) is 0 Å². The van der Waals surface area contributed by atoms with E-state index < -0.39 is 0 Å². The predicted octanol–water partition coefficient (Wildman–Crippen LogP) is 4.63. The van der Waals surface area contributed by atoms with E-state index in [1.807, 2.05) is 23.5 Å². The second-order valence-corrected chi connectivity index (χ2v) is 6.20. The van der Waals surface area contributed by atoms with Crippen LogP contribution < -0.4 is 5.32 Å². The van der Waals surface area contributed by atoms with Crippen molar-refractivity contribution in [3.05, 3.63) is 58.2 Å². The number of hydrogen-bond acceptors (Lipinski definition) is 4. The summed E-state index contributed by atoms with van der Waals surface area (Å²) in [4.78, 5) is 6.67. The molecule has 20 heavy (non-hydrogen) atoms. The molecule has 0 aliphatic carbocycles. The number of hydrogen-bond donors (Lipinski definition) is 1. The summed E-state index contributed by atoms with van der Waals surface area (Å²) in [5.74, 6) is 0.792. The maximum Gasteiger partial charge on any atom is 0.181 e. The monoisotopic (exact) mass is 284 g/mol. The lowest BCUT2D eigenvalue weighted by atomic mass is 10.1. The first-order valence-corrected chi connectivity index (χ1v) is 7.33. The Labute approximate surface area is 122 Å². The summed E-state index contributed by atoms with van der Waals surface area (Å²) in [5.41, 5.74) is 3.51. The molecule has 2 aromatic heterocycles. The molecule has 1 aromatic carbocycles. The van der Waals surface area contributed by atoms with E-state index in [1.54, 1.807) is 6.20 Å². The van der Waals surface area contributed by atoms with Gasteiger partial charge in [0, 0.05) is 27.5 Å². The minimum absolute atomic E-state index is 0.792. The van der Waals surface area contributed by atoms with Crippen LogP contribution in [-0.4, -0.2) is 4.98 Å². The molecular weight excluding hydrogens is 268 g/mol. The number of rotatable bonds is 4. The van der Waals surface area contributed by atoms with Crippen molar-refractivity contribution >= 4 is 17.0 Å². The molecule has 0 aliphatic rings. The Morgan fingerprint density at radius 3 is 2.60 bits per heavy atom. The summed E-state index contributed by atoms with van der Waals surface area (Å²) in [5, 5.41) is 3.45. The van der Waals surface area contributed by atoms with E-state index in [2.05, 4.69) is 42.3 Å². The number of nitrogens with one attached hydrogen (secondary N) is 1. The highest BCUT2D eigenvalue weighted by molar-refractivity contribution is 7.12. The minimum atomic E-state index is 0.792. The molecule has 0 spiro atoms. The fourth-order valence-corrected chi connectivity index (χ4v) is 3.11. The zero-order chi connectivity index (χ0) is 13.9. The van der Waals surface area contributed by atoms with Crippen LogP contribution >= 0.6 is 11.3 Å². The third-order valence-corrected chi connectivity index (χ3v) is 4.24. The SMILES string of the molecule is Cc1cc(CNc2ccc(-c3cnco3)cc2)c(C)s1. The number of nitrogens with zero attached hydrogens (tertiary/aromatic N) is 1. The lowest BCUT2D eigenvalue weighted by Gasteiger charge is -2.06. The molecule has 0 radical (unpaired) electrons. The van der Waals surface area contributed by atoms with Gasteiger partial charge in [0.05, 0.1) is 6.20 Å². The number of oxazole rings is 1. The van der Waals surface area contributed by atoms with Crippen LogP contribution in [0.3, 0.4) is 0 Å². The number of thiophene rings is 1. The lowest BCUT2D eigenvalue weighted by Crippen LogP contribution is -1.99. The van der Waals surface area contributed by atoms with Gasteiger partial charge in [-0.2, -0.15) is 0 Å². The molecule has 3 aromatic rings. The number of anilines is 1. The Hall–Kier alpha value is -2.07. The summed E-state index contributed by atoms with van der Waals surface area (Å²) in [6.07, 6.45) is 3.17. The van der Waals surface area contributed by atoms with E-state index >= 15 is 0 Å². The fraction of sp³-hybridized carbons (Fsp3) is 0.188. The molecule has 2 heterocycles. The van der Waals surface area contributed by atoms with E-state index in [0.29, 0.717) is 0 Å². The normalized spacial score (nSPS) is 10.7. The average molecular weight is 284 g/mol. The summed E-state index contributed by atoms with van der Waals surface area (Å²) in [6, 6.07) is 10.4. The van der Waals surface area contributed by atoms with Crippen LogP contribution in [0.2, 0.25) is 0 Å². The van der Waals surface area contributed by atoms with Crippen LogP contribution in [-0.2, 0) is 6.54 Å². The first kappa shape index (κ1) is 12.9. The molecule has 3 nitrogen and oxygen atoms in total. The number of aryl methyl sites for hydroxylation is 2. The third kappa shape index (κ3) is 2.75. The van der Waals surface area contributed by atoms with Gasteiger partial charge in [-0.3, -0.25) is 0 Å². The van der Waals surface area contributed by atoms with Crippen LogP contribution in [0, 0.1) is 13.8 Å². The van der Waals surface area contributed by atoms with Crippen molar-refractivity contribution in [2.24, 2.45) is 0 Å². The molecule has 3 rings (SSSR count). The molecule has 4 heteroatoms. The zero-order valence-electron chi connectivity index (χ0n) is 11.5. The second kappa shape index (κ2) is 5.51. The highest BCUT2D eigenvalue weighted by Gasteiger charge is 2.04. The summed E-state index contributed by atoms with van der Waals surface area (Å²) in [6.45, 7) is 5.17. The highest BCUT2D eigenvalue weighted by atomic mass is 32.1. The van der Waals surface area contributed by atoms with Gasteiger partial charge in [-0.1, -0.05) is 0 Å². The van der Waals surface area contributed by atoms with Gasteiger partial charge >= 0.3 is 0 Å². The molecule has 0 aliphatic heterocycles. The summed E-state index contributed by atoms with van der Waals surface area (Å²) < 4.78 is 5.28. The Kier molecular flexibility index (Phi) is 3.56. The maximum atomic E-state index is 5.28. The van der Waals surface area contributed by atoms with Crippen LogP contribution in [0.5, 0.6) is 0 Å². The quantitative estimate of drug-likeness (QED) is 0.759. The average Bonchev–Trinajstić information content (AvgIpc) is 3.07. The Morgan fingerprint density at radius 1 is 1.20 bits per heavy atom. The standard InChI is InChI=1S/C16H16N2OS/c1-11-7-14(12(2)20-11)8-18-15-5-3-13(4-6-15)16-9-17-10-19-16/h3-7,9-10,18H,8H2,1-2H3. The molecule has 0 amide bonds. The van der Waals surface area contributed by atoms with E-state index in [9.17, 15) is 0 Å². The van der Waals surface area contributed by atoms with Crippen molar-refractivity contribution < 1.29 is 4.42 Å². The maximum absolute atomic E-state index is 5.28. The molecule has 102 valence electrons. The van der Waals surface area contributed by atoms with Crippen molar-refractivity contribution in [2.45, 2.75) is 20.4 Å². The summed E-state index contributed by atoms with van der Waals surface area (Å²) >= 11 is 1.85. The van der Waals surface area contributed by atoms with Crippen LogP contribution in [0.1, 0.15) is 15.3 Å². The lowest BCUT2D eigenvalue weighted by molar-refractivity contribution is 0.572. The first-order chi connectivity index (χ1) is 9.72. The van der Waals surface area contributed by atoms with Crippen LogP contribution in [0.4, 0.5) is 5.69 Å². The molecule has 0 fully saturated rings. The van der Waals surface area contributed by atoms with Crippen molar-refractivity contribution in [2.75, 3.05) is 5.32 Å². The third-order valence-electron chi connectivity index (χ3n) is 3.23. The first-order valence-electron chi connectivity index (χ1n) is 6.51. The fourth-order valence-electron chi connectivity index (χ4n) is 2.17. The van der Waals surface area contributed by atoms with Crippen LogP contribution in [0.15, 0.2) is 47.3 Å². The second-order valence-electron chi connectivity index (χ2n) is 4.74. The van der Waals surface area contributed by atoms with Gasteiger partial charge in [0.1, 0.15) is 0 Å². The van der Waals surface area contributed by atoms with E-state index in [1.165, 1.54) is 21.7 Å². The van der Waals surface area contributed by atoms with Crippen LogP contribution in [0.25, 0.3) is 11.3 Å². The van der Waals surface area contributed by atoms with Gasteiger partial charge in [-0.25, -0.2) is 4.98 Å². The van der Waals surface area contributed by atoms with Gasteiger partial charge in [0.25, 0.3) is 0 Å². The van der Waals surface area contributed by atoms with Gasteiger partial charge in [-0.05, 0) is 49.7 Å². The van der Waals surface area contributed by atoms with E-state index in [4.69, 9.17) is 4.42 Å². The zero-order valence-corrected chi connectivity index (χ0v) is 12.3. The Balaban J connectivity index is 1.68. The smallest absolute Gasteiger partial charge is 0.181 e. The molecular formula is C16H16N2OS. The number of benzene rings is 1. The molecule has 0 bridgehead atoms. The molecule has 1 N–H and O–H groups in total. The van der Waals surface area contributed by atoms with Gasteiger partial charge in [-0.15, -0.1) is 11.3 Å². The Bertz CT molecular complexity index is 684. The largest absolute Gasteiger partial charge is 0.444 e. The van der Waals surface area contributed by atoms with Crippen molar-refractivity contribution in [3.63, 3.8) is 0 Å². The van der Waals surface area contributed by atoms with E-state index in [-0.39, 0.29) is 0 Å². The number of aromatic nitrogens is 1. The van der Waals surface area contributed by atoms with Crippen molar-refractivity contribution in [3.8, 4) is 11.3 Å². The minimum Gasteiger partial charge on any atom is -0.444 e. The van der Waals surface area contributed by atoms with E-state index in [0.717, 1.165) is 23.6 Å². The predicted molar refractivity (Wildman–Crippen MR) is 83.1 cm³/mol. The highest BCUT2D eigenvalue weighted by Crippen LogP contribution is 2.23. The van der Waals surface area contributed by atoms with Gasteiger partial charge in [0.15, 0.2) is 12.2 Å². The molecule has 0 saturated heterocycles. The van der Waals surface area contributed by atoms with Gasteiger partial charge in [0.2, 0.25) is 0 Å². The topological polar surface area (TPSA) is 38.1 Å². The molecule has 0 saturated carbocycles.